The molecule has 0 saturated carbocycles. The molecule has 0 unspecified atom stereocenters. The molecule has 94 valence electrons. The molecule has 0 aliphatic carbocycles. The Hall–Kier alpha value is -2.44. The minimum Gasteiger partial charge on any atom is -0.492 e. The molecule has 0 spiro atoms. The predicted molar refractivity (Wildman–Crippen MR) is 65.2 cm³/mol. The fraction of sp³-hybridized carbons (Fsp3) is 0.273. The molecule has 0 aliphatic heterocycles. The number of hydrogen-bond donors (Lipinski definition) is 1. The van der Waals surface area contributed by atoms with E-state index in [4.69, 9.17) is 15.2 Å². The van der Waals surface area contributed by atoms with Gasteiger partial charge in [-0.3, -0.25) is 4.98 Å². The monoisotopic (exact) mass is 247 g/mol. The molecule has 18 heavy (non-hydrogen) atoms. The van der Waals surface area contributed by atoms with Crippen LogP contribution in [0.2, 0.25) is 0 Å². The fourth-order valence-electron chi connectivity index (χ4n) is 1.38. The molecule has 0 saturated heterocycles. The van der Waals surface area contributed by atoms with Gasteiger partial charge < -0.3 is 15.2 Å². The van der Waals surface area contributed by atoms with Crippen LogP contribution in [-0.4, -0.2) is 33.7 Å². The number of nitrogen functional groups attached to an aromatic ring is 1. The summed E-state index contributed by atoms with van der Waals surface area (Å²) >= 11 is 0. The van der Waals surface area contributed by atoms with E-state index in [0.717, 1.165) is 0 Å². The number of hydrogen-bond acceptors (Lipinski definition) is 7. The lowest BCUT2D eigenvalue weighted by Crippen LogP contribution is -2.03. The highest BCUT2D eigenvalue weighted by Crippen LogP contribution is 2.21. The molecule has 2 aromatic rings. The van der Waals surface area contributed by atoms with Crippen molar-refractivity contribution in [3.63, 3.8) is 0 Å². The van der Waals surface area contributed by atoms with Gasteiger partial charge in [-0.1, -0.05) is 0 Å². The second-order valence-corrected chi connectivity index (χ2v) is 3.35. The summed E-state index contributed by atoms with van der Waals surface area (Å²) < 4.78 is 10.3. The van der Waals surface area contributed by atoms with Gasteiger partial charge in [0.1, 0.15) is 5.75 Å². The highest BCUT2D eigenvalue weighted by atomic mass is 16.5. The van der Waals surface area contributed by atoms with Gasteiger partial charge in [-0.2, -0.15) is 15.0 Å². The maximum Gasteiger partial charge on any atom is 0.321 e. The first-order chi connectivity index (χ1) is 8.72. The van der Waals surface area contributed by atoms with Crippen LogP contribution in [0.25, 0.3) is 11.4 Å². The van der Waals surface area contributed by atoms with E-state index in [1.54, 1.807) is 18.5 Å². The van der Waals surface area contributed by atoms with Gasteiger partial charge in [0.2, 0.25) is 5.95 Å². The molecule has 7 heteroatoms. The van der Waals surface area contributed by atoms with Gasteiger partial charge in [0, 0.05) is 11.8 Å². The van der Waals surface area contributed by atoms with Crippen molar-refractivity contribution in [3.05, 3.63) is 18.5 Å². The highest BCUT2D eigenvalue weighted by Gasteiger charge is 2.08. The van der Waals surface area contributed by atoms with E-state index in [0.29, 0.717) is 23.7 Å². The molecule has 0 aromatic carbocycles. The standard InChI is InChI=1S/C11H13N5O2/c1-3-18-8-4-7(5-13-6-8)9-14-10(12)16-11(15-9)17-2/h4-6H,3H2,1-2H3,(H2,12,14,15,16). The number of anilines is 1. The first-order valence-corrected chi connectivity index (χ1v) is 5.36. The van der Waals surface area contributed by atoms with Gasteiger partial charge in [-0.05, 0) is 13.0 Å². The zero-order valence-corrected chi connectivity index (χ0v) is 10.1. The molecule has 0 radical (unpaired) electrons. The maximum atomic E-state index is 5.58. The first kappa shape index (κ1) is 12.0. The first-order valence-electron chi connectivity index (χ1n) is 5.36. The summed E-state index contributed by atoms with van der Waals surface area (Å²) in [7, 11) is 1.47. The van der Waals surface area contributed by atoms with Crippen LogP contribution in [0, 0.1) is 0 Å². The van der Waals surface area contributed by atoms with Crippen LogP contribution in [0.1, 0.15) is 6.92 Å². The average molecular weight is 247 g/mol. The lowest BCUT2D eigenvalue weighted by molar-refractivity contribution is 0.339. The van der Waals surface area contributed by atoms with Crippen molar-refractivity contribution in [3.8, 4) is 23.1 Å². The number of aromatic nitrogens is 4. The normalized spacial score (nSPS) is 10.1. The van der Waals surface area contributed by atoms with Gasteiger partial charge in [0.05, 0.1) is 19.9 Å². The van der Waals surface area contributed by atoms with Crippen LogP contribution in [0.3, 0.4) is 0 Å². The van der Waals surface area contributed by atoms with Crippen LogP contribution in [0.4, 0.5) is 5.95 Å². The smallest absolute Gasteiger partial charge is 0.321 e. The SMILES string of the molecule is CCOc1cncc(-c2nc(N)nc(OC)n2)c1. The van der Waals surface area contributed by atoms with Crippen molar-refractivity contribution in [1.82, 2.24) is 19.9 Å². The zero-order valence-electron chi connectivity index (χ0n) is 10.1. The second kappa shape index (κ2) is 5.26. The van der Waals surface area contributed by atoms with Crippen molar-refractivity contribution < 1.29 is 9.47 Å². The molecule has 2 heterocycles. The van der Waals surface area contributed by atoms with Gasteiger partial charge in [0.15, 0.2) is 5.82 Å². The Morgan fingerprint density at radius 1 is 1.22 bits per heavy atom. The number of methoxy groups -OCH3 is 1. The van der Waals surface area contributed by atoms with Crippen molar-refractivity contribution in [2.45, 2.75) is 6.92 Å². The summed E-state index contributed by atoms with van der Waals surface area (Å²) in [5.74, 6) is 1.14. The van der Waals surface area contributed by atoms with Crippen molar-refractivity contribution in [2.75, 3.05) is 19.5 Å². The fourth-order valence-corrected chi connectivity index (χ4v) is 1.38. The van der Waals surface area contributed by atoms with Gasteiger partial charge in [-0.15, -0.1) is 0 Å². The number of rotatable bonds is 4. The molecule has 0 aliphatic rings. The van der Waals surface area contributed by atoms with Crippen LogP contribution in [-0.2, 0) is 0 Å². The summed E-state index contributed by atoms with van der Waals surface area (Å²) in [6.07, 6.45) is 3.24. The molecule has 2 aromatic heterocycles. The largest absolute Gasteiger partial charge is 0.492 e. The Kier molecular flexibility index (Phi) is 3.52. The third kappa shape index (κ3) is 2.62. The van der Waals surface area contributed by atoms with Crippen LogP contribution in [0.5, 0.6) is 11.8 Å². The van der Waals surface area contributed by atoms with E-state index >= 15 is 0 Å². The van der Waals surface area contributed by atoms with E-state index in [9.17, 15) is 0 Å². The van der Waals surface area contributed by atoms with E-state index in [-0.39, 0.29) is 12.0 Å². The third-order valence-corrected chi connectivity index (χ3v) is 2.10. The second-order valence-electron chi connectivity index (χ2n) is 3.35. The third-order valence-electron chi connectivity index (χ3n) is 2.10. The summed E-state index contributed by atoms with van der Waals surface area (Å²) in [4.78, 5) is 16.0. The van der Waals surface area contributed by atoms with Crippen LogP contribution < -0.4 is 15.2 Å². The lowest BCUT2D eigenvalue weighted by Gasteiger charge is -2.06. The summed E-state index contributed by atoms with van der Waals surface area (Å²) in [6, 6.07) is 1.95. The average Bonchev–Trinajstić information content (AvgIpc) is 2.39. The number of nitrogens with zero attached hydrogens (tertiary/aromatic N) is 4. The van der Waals surface area contributed by atoms with Gasteiger partial charge in [-0.25, -0.2) is 0 Å². The topological polar surface area (TPSA) is 96.0 Å². The maximum absolute atomic E-state index is 5.58. The van der Waals surface area contributed by atoms with E-state index in [2.05, 4.69) is 19.9 Å². The van der Waals surface area contributed by atoms with Crippen molar-refractivity contribution in [2.24, 2.45) is 0 Å². The molecule has 0 amide bonds. The summed E-state index contributed by atoms with van der Waals surface area (Å²) in [5, 5.41) is 0. The van der Waals surface area contributed by atoms with Crippen molar-refractivity contribution in [1.29, 1.82) is 0 Å². The van der Waals surface area contributed by atoms with Gasteiger partial charge in [0.25, 0.3) is 0 Å². The van der Waals surface area contributed by atoms with E-state index in [1.807, 2.05) is 6.92 Å². The number of pyridine rings is 1. The Balaban J connectivity index is 2.41. The Morgan fingerprint density at radius 2 is 2.06 bits per heavy atom. The summed E-state index contributed by atoms with van der Waals surface area (Å²) in [5.41, 5.74) is 6.26. The van der Waals surface area contributed by atoms with E-state index in [1.165, 1.54) is 7.11 Å². The highest BCUT2D eigenvalue weighted by molar-refractivity contribution is 5.56. The molecule has 0 bridgehead atoms. The summed E-state index contributed by atoms with van der Waals surface area (Å²) in [6.45, 7) is 2.46. The Labute approximate surface area is 104 Å². The Morgan fingerprint density at radius 3 is 2.78 bits per heavy atom. The molecular weight excluding hydrogens is 234 g/mol. The quantitative estimate of drug-likeness (QED) is 0.858. The Bertz CT molecular complexity index is 547. The zero-order chi connectivity index (χ0) is 13.0. The van der Waals surface area contributed by atoms with E-state index < -0.39 is 0 Å². The molecule has 2 rings (SSSR count). The predicted octanol–water partition coefficient (Wildman–Crippen LogP) is 0.923. The minimum absolute atomic E-state index is 0.0960. The number of nitrogens with two attached hydrogens (primary N) is 1. The molecule has 0 fully saturated rings. The molecule has 2 N–H and O–H groups in total. The minimum atomic E-state index is 0.0960. The van der Waals surface area contributed by atoms with Crippen LogP contribution >= 0.6 is 0 Å². The van der Waals surface area contributed by atoms with Gasteiger partial charge >= 0.3 is 6.01 Å². The lowest BCUT2D eigenvalue weighted by atomic mass is 10.2. The molecular formula is C11H13N5O2. The number of ether oxygens (including phenoxy) is 2. The van der Waals surface area contributed by atoms with Crippen LogP contribution in [0.15, 0.2) is 18.5 Å². The van der Waals surface area contributed by atoms with Crippen molar-refractivity contribution >= 4 is 5.95 Å². The molecule has 0 atom stereocenters. The molecule has 7 nitrogen and oxygen atoms in total.